The summed E-state index contributed by atoms with van der Waals surface area (Å²) in [6.07, 6.45) is 0. The van der Waals surface area contributed by atoms with Crippen LogP contribution in [-0.4, -0.2) is 25.3 Å². The predicted molar refractivity (Wildman–Crippen MR) is 73.7 cm³/mol. The van der Waals surface area contributed by atoms with E-state index in [1.165, 1.54) is 13.8 Å². The standard InChI is InChI=1S/C12H16ClNO3S/c1-4-18(16,17)9(3)12(15)14-11-7-10(13)6-5-8(11)2/h5-7,9H,4H2,1-3H3,(H,14,15). The average Bonchev–Trinajstić information content (AvgIpc) is 2.32. The summed E-state index contributed by atoms with van der Waals surface area (Å²) < 4.78 is 23.2. The van der Waals surface area contributed by atoms with Crippen molar-refractivity contribution in [2.75, 3.05) is 11.1 Å². The third-order valence-corrected chi connectivity index (χ3v) is 5.10. The molecule has 1 rings (SSSR count). The number of hydrogen-bond acceptors (Lipinski definition) is 3. The number of aryl methyl sites for hydroxylation is 1. The number of carbonyl (C=O) groups is 1. The van der Waals surface area contributed by atoms with E-state index in [2.05, 4.69) is 5.32 Å². The van der Waals surface area contributed by atoms with E-state index in [-0.39, 0.29) is 5.75 Å². The predicted octanol–water partition coefficient (Wildman–Crippen LogP) is 2.41. The van der Waals surface area contributed by atoms with Crippen molar-refractivity contribution < 1.29 is 13.2 Å². The summed E-state index contributed by atoms with van der Waals surface area (Å²) >= 11 is 5.83. The number of rotatable bonds is 4. The first-order chi connectivity index (χ1) is 8.27. The molecule has 0 bridgehead atoms. The number of amides is 1. The zero-order valence-corrected chi connectivity index (χ0v) is 12.1. The van der Waals surface area contributed by atoms with Gasteiger partial charge in [-0.05, 0) is 31.5 Å². The van der Waals surface area contributed by atoms with Gasteiger partial charge in [0, 0.05) is 16.5 Å². The Kier molecular flexibility index (Phi) is 4.76. The molecule has 0 fully saturated rings. The van der Waals surface area contributed by atoms with Crippen LogP contribution in [0.3, 0.4) is 0 Å². The molecular weight excluding hydrogens is 274 g/mol. The van der Waals surface area contributed by atoms with Gasteiger partial charge >= 0.3 is 0 Å². The molecule has 100 valence electrons. The van der Waals surface area contributed by atoms with E-state index in [9.17, 15) is 13.2 Å². The van der Waals surface area contributed by atoms with Crippen LogP contribution in [-0.2, 0) is 14.6 Å². The van der Waals surface area contributed by atoms with Crippen LogP contribution in [0, 0.1) is 6.92 Å². The van der Waals surface area contributed by atoms with Crippen molar-refractivity contribution in [1.29, 1.82) is 0 Å². The van der Waals surface area contributed by atoms with Crippen LogP contribution in [0.15, 0.2) is 18.2 Å². The number of nitrogens with one attached hydrogen (secondary N) is 1. The highest BCUT2D eigenvalue weighted by Crippen LogP contribution is 2.20. The van der Waals surface area contributed by atoms with Crippen LogP contribution in [0.5, 0.6) is 0 Å². The monoisotopic (exact) mass is 289 g/mol. The van der Waals surface area contributed by atoms with Gasteiger partial charge in [0.25, 0.3) is 0 Å². The molecule has 0 saturated carbocycles. The quantitative estimate of drug-likeness (QED) is 0.926. The average molecular weight is 290 g/mol. The molecule has 1 aromatic carbocycles. The summed E-state index contributed by atoms with van der Waals surface area (Å²) in [5.41, 5.74) is 1.36. The third-order valence-electron chi connectivity index (χ3n) is 2.77. The molecule has 18 heavy (non-hydrogen) atoms. The molecule has 1 atom stereocenters. The lowest BCUT2D eigenvalue weighted by Crippen LogP contribution is -2.33. The number of halogens is 1. The van der Waals surface area contributed by atoms with Crippen molar-refractivity contribution in [2.24, 2.45) is 0 Å². The van der Waals surface area contributed by atoms with E-state index in [1.54, 1.807) is 18.2 Å². The normalized spacial score (nSPS) is 13.1. The fraction of sp³-hybridized carbons (Fsp3) is 0.417. The Morgan fingerprint density at radius 3 is 2.61 bits per heavy atom. The van der Waals surface area contributed by atoms with Gasteiger partial charge in [0.2, 0.25) is 5.91 Å². The van der Waals surface area contributed by atoms with Crippen molar-refractivity contribution in [2.45, 2.75) is 26.0 Å². The molecule has 0 aliphatic heterocycles. The second-order valence-electron chi connectivity index (χ2n) is 4.04. The summed E-state index contributed by atoms with van der Waals surface area (Å²) in [4.78, 5) is 11.8. The van der Waals surface area contributed by atoms with Crippen LogP contribution >= 0.6 is 11.6 Å². The molecule has 0 aliphatic rings. The van der Waals surface area contributed by atoms with Gasteiger partial charge in [-0.25, -0.2) is 8.42 Å². The second-order valence-corrected chi connectivity index (χ2v) is 7.09. The van der Waals surface area contributed by atoms with Gasteiger partial charge in [-0.2, -0.15) is 0 Å². The maximum absolute atomic E-state index is 11.8. The summed E-state index contributed by atoms with van der Waals surface area (Å²) in [6, 6.07) is 5.07. The Morgan fingerprint density at radius 1 is 1.44 bits per heavy atom. The largest absolute Gasteiger partial charge is 0.325 e. The summed E-state index contributed by atoms with van der Waals surface area (Å²) in [6.45, 7) is 4.71. The molecule has 1 aromatic rings. The Hall–Kier alpha value is -1.07. The lowest BCUT2D eigenvalue weighted by atomic mass is 10.2. The molecule has 6 heteroatoms. The van der Waals surface area contributed by atoms with Crippen LogP contribution in [0.1, 0.15) is 19.4 Å². The van der Waals surface area contributed by atoms with Crippen molar-refractivity contribution >= 4 is 33.0 Å². The fourth-order valence-corrected chi connectivity index (χ4v) is 2.43. The van der Waals surface area contributed by atoms with Gasteiger partial charge in [-0.1, -0.05) is 24.6 Å². The Labute approximate surface area is 112 Å². The highest BCUT2D eigenvalue weighted by molar-refractivity contribution is 7.92. The van der Waals surface area contributed by atoms with E-state index in [1.807, 2.05) is 6.92 Å². The SMILES string of the molecule is CCS(=O)(=O)C(C)C(=O)Nc1cc(Cl)ccc1C. The maximum atomic E-state index is 11.8. The van der Waals surface area contributed by atoms with Crippen molar-refractivity contribution in [3.8, 4) is 0 Å². The molecule has 0 radical (unpaired) electrons. The first-order valence-electron chi connectivity index (χ1n) is 5.56. The number of anilines is 1. The smallest absolute Gasteiger partial charge is 0.242 e. The van der Waals surface area contributed by atoms with Crippen LogP contribution in [0.25, 0.3) is 0 Å². The van der Waals surface area contributed by atoms with Gasteiger partial charge in [0.1, 0.15) is 5.25 Å². The number of benzene rings is 1. The van der Waals surface area contributed by atoms with Gasteiger partial charge in [0.15, 0.2) is 9.84 Å². The molecule has 1 unspecified atom stereocenters. The highest BCUT2D eigenvalue weighted by atomic mass is 35.5. The molecule has 1 N–H and O–H groups in total. The molecule has 0 spiro atoms. The van der Waals surface area contributed by atoms with Gasteiger partial charge in [-0.3, -0.25) is 4.79 Å². The number of sulfone groups is 1. The maximum Gasteiger partial charge on any atom is 0.242 e. The summed E-state index contributed by atoms with van der Waals surface area (Å²) in [5.74, 6) is -0.599. The lowest BCUT2D eigenvalue weighted by Gasteiger charge is -2.13. The fourth-order valence-electron chi connectivity index (χ4n) is 1.38. The summed E-state index contributed by atoms with van der Waals surface area (Å²) in [7, 11) is -3.39. The third kappa shape index (κ3) is 3.46. The molecular formula is C12H16ClNO3S. The molecule has 1 amide bonds. The second kappa shape index (κ2) is 5.71. The number of carbonyl (C=O) groups excluding carboxylic acids is 1. The minimum absolute atomic E-state index is 0.0594. The molecule has 0 aromatic heterocycles. The molecule has 0 aliphatic carbocycles. The van der Waals surface area contributed by atoms with Gasteiger partial charge < -0.3 is 5.32 Å². The first kappa shape index (κ1) is 15.0. The Bertz CT molecular complexity index is 554. The Balaban J connectivity index is 2.92. The molecule has 0 heterocycles. The highest BCUT2D eigenvalue weighted by Gasteiger charge is 2.26. The van der Waals surface area contributed by atoms with E-state index in [0.29, 0.717) is 10.7 Å². The molecule has 0 saturated heterocycles. The van der Waals surface area contributed by atoms with Crippen molar-refractivity contribution in [1.82, 2.24) is 0 Å². The molecule has 4 nitrogen and oxygen atoms in total. The van der Waals surface area contributed by atoms with E-state index >= 15 is 0 Å². The van der Waals surface area contributed by atoms with Gasteiger partial charge in [-0.15, -0.1) is 0 Å². The van der Waals surface area contributed by atoms with Crippen molar-refractivity contribution in [3.63, 3.8) is 0 Å². The van der Waals surface area contributed by atoms with E-state index < -0.39 is 21.0 Å². The van der Waals surface area contributed by atoms with Crippen molar-refractivity contribution in [3.05, 3.63) is 28.8 Å². The topological polar surface area (TPSA) is 63.2 Å². The number of hydrogen-bond donors (Lipinski definition) is 1. The minimum Gasteiger partial charge on any atom is -0.325 e. The lowest BCUT2D eigenvalue weighted by molar-refractivity contribution is -0.115. The van der Waals surface area contributed by atoms with E-state index in [4.69, 9.17) is 11.6 Å². The van der Waals surface area contributed by atoms with Crippen LogP contribution < -0.4 is 5.32 Å². The zero-order chi connectivity index (χ0) is 13.9. The van der Waals surface area contributed by atoms with Gasteiger partial charge in [0.05, 0.1) is 0 Å². The van der Waals surface area contributed by atoms with E-state index in [0.717, 1.165) is 5.56 Å². The van der Waals surface area contributed by atoms with Crippen LogP contribution in [0.2, 0.25) is 5.02 Å². The minimum atomic E-state index is -3.39. The summed E-state index contributed by atoms with van der Waals surface area (Å²) in [5, 5.41) is 2.01. The Morgan fingerprint density at radius 2 is 2.06 bits per heavy atom. The first-order valence-corrected chi connectivity index (χ1v) is 7.66. The zero-order valence-electron chi connectivity index (χ0n) is 10.5. The van der Waals surface area contributed by atoms with Crippen LogP contribution in [0.4, 0.5) is 5.69 Å².